The molecule has 1 rings (SSSR count). The van der Waals surface area contributed by atoms with Gasteiger partial charge in [-0.05, 0) is 25.8 Å². The highest BCUT2D eigenvalue weighted by Crippen LogP contribution is 2.17. The number of aliphatic carboxylic acids is 1. The molecule has 0 saturated carbocycles. The Labute approximate surface area is 108 Å². The summed E-state index contributed by atoms with van der Waals surface area (Å²) in [4.78, 5) is 10.9. The zero-order valence-electron chi connectivity index (χ0n) is 11.1. The Morgan fingerprint density at radius 3 is 2.33 bits per heavy atom. The second kappa shape index (κ2) is 6.52. The monoisotopic (exact) mass is 251 g/mol. The van der Waals surface area contributed by atoms with E-state index in [4.69, 9.17) is 5.11 Å². The molecule has 4 nitrogen and oxygen atoms in total. The minimum Gasteiger partial charge on any atom is -0.480 e. The van der Waals surface area contributed by atoms with Gasteiger partial charge in [0.05, 0.1) is 6.10 Å². The van der Waals surface area contributed by atoms with E-state index in [9.17, 15) is 9.90 Å². The highest BCUT2D eigenvalue weighted by atomic mass is 16.4. The predicted octanol–water partition coefficient (Wildman–Crippen LogP) is 1.87. The SMILES string of the molecule is CCC(NC(C)C(O)c1ccc(C)cc1)C(=O)O. The number of rotatable bonds is 6. The van der Waals surface area contributed by atoms with Crippen molar-refractivity contribution in [2.75, 3.05) is 0 Å². The van der Waals surface area contributed by atoms with Gasteiger partial charge in [-0.3, -0.25) is 10.1 Å². The third-order valence-electron chi connectivity index (χ3n) is 3.06. The Balaban J connectivity index is 2.68. The number of hydrogen-bond acceptors (Lipinski definition) is 3. The molecule has 1 aromatic carbocycles. The minimum absolute atomic E-state index is 0.311. The van der Waals surface area contributed by atoms with Crippen molar-refractivity contribution in [1.29, 1.82) is 0 Å². The molecule has 0 aliphatic carbocycles. The lowest BCUT2D eigenvalue weighted by Gasteiger charge is -2.24. The molecule has 0 spiro atoms. The number of aliphatic hydroxyl groups excluding tert-OH is 1. The summed E-state index contributed by atoms with van der Waals surface area (Å²) < 4.78 is 0. The molecule has 0 aliphatic heterocycles. The molecular formula is C14H21NO3. The first-order valence-electron chi connectivity index (χ1n) is 6.19. The van der Waals surface area contributed by atoms with Crippen molar-refractivity contribution in [3.63, 3.8) is 0 Å². The largest absolute Gasteiger partial charge is 0.480 e. The number of hydrogen-bond donors (Lipinski definition) is 3. The lowest BCUT2D eigenvalue weighted by molar-refractivity contribution is -0.140. The Bertz CT molecular complexity index is 389. The van der Waals surface area contributed by atoms with Crippen molar-refractivity contribution in [2.45, 2.75) is 45.4 Å². The molecule has 0 bridgehead atoms. The molecule has 100 valence electrons. The molecule has 3 atom stereocenters. The topological polar surface area (TPSA) is 69.6 Å². The molecule has 0 heterocycles. The maximum absolute atomic E-state index is 10.9. The maximum atomic E-state index is 10.9. The van der Waals surface area contributed by atoms with Crippen LogP contribution in [0.5, 0.6) is 0 Å². The summed E-state index contributed by atoms with van der Waals surface area (Å²) >= 11 is 0. The van der Waals surface area contributed by atoms with Crippen molar-refractivity contribution in [3.8, 4) is 0 Å². The Morgan fingerprint density at radius 1 is 1.33 bits per heavy atom. The maximum Gasteiger partial charge on any atom is 0.320 e. The first-order chi connectivity index (χ1) is 8.45. The number of carboxylic acids is 1. The fraction of sp³-hybridized carbons (Fsp3) is 0.500. The van der Waals surface area contributed by atoms with Crippen molar-refractivity contribution in [3.05, 3.63) is 35.4 Å². The lowest BCUT2D eigenvalue weighted by Crippen LogP contribution is -2.44. The Kier molecular flexibility index (Phi) is 5.31. The summed E-state index contributed by atoms with van der Waals surface area (Å²) in [5.74, 6) is -0.888. The van der Waals surface area contributed by atoms with Crippen LogP contribution in [0.15, 0.2) is 24.3 Å². The second-order valence-electron chi connectivity index (χ2n) is 4.61. The minimum atomic E-state index is -0.888. The van der Waals surface area contributed by atoms with E-state index in [1.807, 2.05) is 31.2 Å². The number of nitrogens with one attached hydrogen (secondary N) is 1. The summed E-state index contributed by atoms with van der Waals surface area (Å²) in [6, 6.07) is 6.65. The summed E-state index contributed by atoms with van der Waals surface area (Å²) in [5.41, 5.74) is 1.92. The molecule has 0 radical (unpaired) electrons. The van der Waals surface area contributed by atoms with E-state index in [1.54, 1.807) is 13.8 Å². The molecule has 0 saturated heterocycles. The highest BCUT2D eigenvalue weighted by molar-refractivity contribution is 5.73. The van der Waals surface area contributed by atoms with Gasteiger partial charge in [-0.15, -0.1) is 0 Å². The third kappa shape index (κ3) is 3.82. The fourth-order valence-electron chi connectivity index (χ4n) is 1.82. The van der Waals surface area contributed by atoms with Gasteiger partial charge in [0.15, 0.2) is 0 Å². The van der Waals surface area contributed by atoms with E-state index in [2.05, 4.69) is 5.32 Å². The fourth-order valence-corrected chi connectivity index (χ4v) is 1.82. The number of benzene rings is 1. The van der Waals surface area contributed by atoms with E-state index < -0.39 is 18.1 Å². The van der Waals surface area contributed by atoms with Gasteiger partial charge in [0, 0.05) is 6.04 Å². The van der Waals surface area contributed by atoms with E-state index in [0.29, 0.717) is 6.42 Å². The molecular weight excluding hydrogens is 230 g/mol. The van der Waals surface area contributed by atoms with Crippen LogP contribution in [-0.2, 0) is 4.79 Å². The normalized spacial score (nSPS) is 16.0. The van der Waals surface area contributed by atoms with Gasteiger partial charge in [-0.1, -0.05) is 36.8 Å². The van der Waals surface area contributed by atoms with E-state index in [1.165, 1.54) is 0 Å². The van der Waals surface area contributed by atoms with Crippen LogP contribution in [0.3, 0.4) is 0 Å². The summed E-state index contributed by atoms with van der Waals surface area (Å²) in [6.45, 7) is 5.57. The Hall–Kier alpha value is -1.39. The molecule has 0 amide bonds. The molecule has 1 aromatic rings. The van der Waals surface area contributed by atoms with Crippen LogP contribution < -0.4 is 5.32 Å². The quantitative estimate of drug-likeness (QED) is 0.722. The van der Waals surface area contributed by atoms with Crippen molar-refractivity contribution in [2.24, 2.45) is 0 Å². The number of aliphatic hydroxyl groups is 1. The second-order valence-corrected chi connectivity index (χ2v) is 4.61. The van der Waals surface area contributed by atoms with Gasteiger partial charge in [-0.2, -0.15) is 0 Å². The van der Waals surface area contributed by atoms with Crippen LogP contribution in [0.4, 0.5) is 0 Å². The van der Waals surface area contributed by atoms with Crippen LogP contribution in [0.2, 0.25) is 0 Å². The van der Waals surface area contributed by atoms with Crippen molar-refractivity contribution >= 4 is 5.97 Å². The molecule has 0 aromatic heterocycles. The highest BCUT2D eigenvalue weighted by Gasteiger charge is 2.22. The summed E-state index contributed by atoms with van der Waals surface area (Å²) in [7, 11) is 0. The van der Waals surface area contributed by atoms with Crippen LogP contribution in [-0.4, -0.2) is 28.3 Å². The van der Waals surface area contributed by atoms with Crippen molar-refractivity contribution in [1.82, 2.24) is 5.32 Å². The van der Waals surface area contributed by atoms with Crippen LogP contribution in [0.1, 0.15) is 37.5 Å². The molecule has 18 heavy (non-hydrogen) atoms. The number of aryl methyl sites for hydroxylation is 1. The summed E-state index contributed by atoms with van der Waals surface area (Å²) in [5, 5.41) is 22.0. The van der Waals surface area contributed by atoms with Crippen LogP contribution >= 0.6 is 0 Å². The van der Waals surface area contributed by atoms with Gasteiger partial charge < -0.3 is 10.2 Å². The first kappa shape index (κ1) is 14.7. The Morgan fingerprint density at radius 2 is 1.89 bits per heavy atom. The van der Waals surface area contributed by atoms with Gasteiger partial charge in [0.1, 0.15) is 6.04 Å². The third-order valence-corrected chi connectivity index (χ3v) is 3.06. The van der Waals surface area contributed by atoms with E-state index in [0.717, 1.165) is 11.1 Å². The molecule has 0 aliphatic rings. The molecule has 3 N–H and O–H groups in total. The van der Waals surface area contributed by atoms with Gasteiger partial charge in [0.2, 0.25) is 0 Å². The van der Waals surface area contributed by atoms with Crippen LogP contribution in [0, 0.1) is 6.92 Å². The van der Waals surface area contributed by atoms with E-state index >= 15 is 0 Å². The predicted molar refractivity (Wildman–Crippen MR) is 70.5 cm³/mol. The molecule has 4 heteroatoms. The zero-order valence-corrected chi connectivity index (χ0v) is 11.1. The standard InChI is InChI=1S/C14H21NO3/c1-4-12(14(17)18)15-10(3)13(16)11-7-5-9(2)6-8-11/h5-8,10,12-13,15-16H,4H2,1-3H3,(H,17,18). The van der Waals surface area contributed by atoms with Gasteiger partial charge in [0.25, 0.3) is 0 Å². The van der Waals surface area contributed by atoms with Gasteiger partial charge >= 0.3 is 5.97 Å². The number of carbonyl (C=O) groups is 1. The average Bonchev–Trinajstić information content (AvgIpc) is 2.35. The molecule has 3 unspecified atom stereocenters. The first-order valence-corrected chi connectivity index (χ1v) is 6.19. The molecule has 0 fully saturated rings. The lowest BCUT2D eigenvalue weighted by atomic mass is 10.0. The van der Waals surface area contributed by atoms with Crippen molar-refractivity contribution < 1.29 is 15.0 Å². The zero-order chi connectivity index (χ0) is 13.7. The summed E-state index contributed by atoms with van der Waals surface area (Å²) in [6.07, 6.45) is -0.223. The smallest absolute Gasteiger partial charge is 0.320 e. The average molecular weight is 251 g/mol. The van der Waals surface area contributed by atoms with E-state index in [-0.39, 0.29) is 6.04 Å². The number of carboxylic acid groups (broad SMARTS) is 1. The van der Waals surface area contributed by atoms with Crippen LogP contribution in [0.25, 0.3) is 0 Å². The van der Waals surface area contributed by atoms with Gasteiger partial charge in [-0.25, -0.2) is 0 Å².